The van der Waals surface area contributed by atoms with Crippen molar-refractivity contribution in [3.05, 3.63) is 23.8 Å². The topological polar surface area (TPSA) is 52.0 Å². The van der Waals surface area contributed by atoms with Gasteiger partial charge in [0.15, 0.2) is 0 Å². The molecule has 1 aromatic heterocycles. The highest BCUT2D eigenvalue weighted by Gasteiger charge is 2.33. The van der Waals surface area contributed by atoms with Crippen molar-refractivity contribution in [3.8, 4) is 6.07 Å². The van der Waals surface area contributed by atoms with Gasteiger partial charge in [-0.3, -0.25) is 0 Å². The summed E-state index contributed by atoms with van der Waals surface area (Å²) in [7, 11) is 0. The molecule has 2 bridgehead atoms. The first-order valence-corrected chi connectivity index (χ1v) is 5.83. The number of piperidine rings is 2. The number of nitrogens with zero attached hydrogens (tertiary/aromatic N) is 3. The number of halogens is 1. The number of piperazine rings is 1. The molecule has 5 heteroatoms. The summed E-state index contributed by atoms with van der Waals surface area (Å²) in [6.45, 7) is 1.88. The zero-order valence-corrected chi connectivity index (χ0v) is 9.36. The van der Waals surface area contributed by atoms with Gasteiger partial charge in [-0.05, 0) is 18.9 Å². The molecule has 3 aliphatic rings. The Labute approximate surface area is 99.1 Å². The van der Waals surface area contributed by atoms with E-state index in [1.54, 1.807) is 6.07 Å². The summed E-state index contributed by atoms with van der Waals surface area (Å²) in [6.07, 6.45) is 3.87. The Kier molecular flexibility index (Phi) is 2.45. The molecule has 1 aromatic rings. The molecule has 0 saturated carbocycles. The van der Waals surface area contributed by atoms with E-state index in [-0.39, 0.29) is 5.56 Å². The monoisotopic (exact) mass is 232 g/mol. The quantitative estimate of drug-likeness (QED) is 0.735. The number of hydrogen-bond acceptors (Lipinski definition) is 4. The van der Waals surface area contributed by atoms with Crippen LogP contribution in [-0.2, 0) is 0 Å². The summed E-state index contributed by atoms with van der Waals surface area (Å²) in [4.78, 5) is 5.89. The number of rotatable bonds is 1. The summed E-state index contributed by atoms with van der Waals surface area (Å²) in [5, 5.41) is 12.3. The van der Waals surface area contributed by atoms with Crippen LogP contribution in [0.25, 0.3) is 0 Å². The summed E-state index contributed by atoms with van der Waals surface area (Å²) in [6, 6.07) is 4.39. The van der Waals surface area contributed by atoms with Crippen LogP contribution in [0.1, 0.15) is 18.4 Å². The molecule has 0 radical (unpaired) electrons. The lowest BCUT2D eigenvalue weighted by Gasteiger charge is -2.47. The van der Waals surface area contributed by atoms with Gasteiger partial charge in [0.2, 0.25) is 5.95 Å². The SMILES string of the molecule is N#Cc1cc(N2C[C@@H]3CC[C@H]2CN3)cnc1F. The van der Waals surface area contributed by atoms with E-state index in [0.717, 1.165) is 25.2 Å². The predicted molar refractivity (Wildman–Crippen MR) is 61.1 cm³/mol. The van der Waals surface area contributed by atoms with E-state index in [1.807, 2.05) is 6.07 Å². The molecule has 3 aliphatic heterocycles. The lowest BCUT2D eigenvalue weighted by Crippen LogP contribution is -2.61. The third-order valence-corrected chi connectivity index (χ3v) is 3.63. The van der Waals surface area contributed by atoms with Crippen molar-refractivity contribution in [3.63, 3.8) is 0 Å². The zero-order chi connectivity index (χ0) is 11.8. The third kappa shape index (κ3) is 1.75. The molecule has 0 aliphatic carbocycles. The van der Waals surface area contributed by atoms with Crippen LogP contribution in [-0.4, -0.2) is 30.2 Å². The highest BCUT2D eigenvalue weighted by molar-refractivity contribution is 5.51. The lowest BCUT2D eigenvalue weighted by molar-refractivity contribution is 0.290. The summed E-state index contributed by atoms with van der Waals surface area (Å²) in [5.41, 5.74) is 0.885. The summed E-state index contributed by atoms with van der Waals surface area (Å²) >= 11 is 0. The molecule has 17 heavy (non-hydrogen) atoms. The first kappa shape index (κ1) is 10.5. The van der Waals surface area contributed by atoms with E-state index in [1.165, 1.54) is 12.6 Å². The van der Waals surface area contributed by atoms with Crippen LogP contribution in [0.3, 0.4) is 0 Å². The molecule has 0 amide bonds. The number of aromatic nitrogens is 1. The molecule has 0 aromatic carbocycles. The van der Waals surface area contributed by atoms with E-state index >= 15 is 0 Å². The Bertz CT molecular complexity index is 474. The number of nitrogens with one attached hydrogen (secondary N) is 1. The second-order valence-electron chi connectivity index (χ2n) is 4.63. The van der Waals surface area contributed by atoms with Crippen molar-refractivity contribution in [2.45, 2.75) is 24.9 Å². The second kappa shape index (κ2) is 3.97. The van der Waals surface area contributed by atoms with Gasteiger partial charge >= 0.3 is 0 Å². The fourth-order valence-corrected chi connectivity index (χ4v) is 2.70. The summed E-state index contributed by atoms with van der Waals surface area (Å²) < 4.78 is 13.2. The van der Waals surface area contributed by atoms with Gasteiger partial charge in [0.25, 0.3) is 0 Å². The molecule has 4 nitrogen and oxygen atoms in total. The van der Waals surface area contributed by atoms with Crippen LogP contribution in [0.15, 0.2) is 12.3 Å². The first-order chi connectivity index (χ1) is 8.28. The molecule has 3 fully saturated rings. The maximum atomic E-state index is 13.2. The highest BCUT2D eigenvalue weighted by atomic mass is 19.1. The van der Waals surface area contributed by atoms with Gasteiger partial charge in [0.1, 0.15) is 11.6 Å². The van der Waals surface area contributed by atoms with Crippen molar-refractivity contribution in [1.29, 1.82) is 5.26 Å². The molecular weight excluding hydrogens is 219 g/mol. The van der Waals surface area contributed by atoms with Gasteiger partial charge in [0, 0.05) is 25.2 Å². The van der Waals surface area contributed by atoms with Gasteiger partial charge in [-0.2, -0.15) is 9.65 Å². The predicted octanol–water partition coefficient (Wildman–Crippen LogP) is 1.03. The fourth-order valence-electron chi connectivity index (χ4n) is 2.70. The van der Waals surface area contributed by atoms with Gasteiger partial charge in [-0.1, -0.05) is 0 Å². The Hall–Kier alpha value is -1.67. The average Bonchev–Trinajstić information content (AvgIpc) is 2.40. The van der Waals surface area contributed by atoms with Crippen LogP contribution in [0.5, 0.6) is 0 Å². The Morgan fingerprint density at radius 1 is 1.53 bits per heavy atom. The van der Waals surface area contributed by atoms with Crippen LogP contribution >= 0.6 is 0 Å². The van der Waals surface area contributed by atoms with Crippen molar-refractivity contribution >= 4 is 5.69 Å². The van der Waals surface area contributed by atoms with E-state index < -0.39 is 5.95 Å². The Balaban J connectivity index is 1.92. The minimum atomic E-state index is -0.684. The number of nitriles is 1. The van der Waals surface area contributed by atoms with Crippen LogP contribution in [0.4, 0.5) is 10.1 Å². The average molecular weight is 232 g/mol. The van der Waals surface area contributed by atoms with E-state index in [2.05, 4.69) is 15.2 Å². The number of pyridine rings is 1. The molecule has 0 spiro atoms. The van der Waals surface area contributed by atoms with E-state index in [4.69, 9.17) is 5.26 Å². The molecule has 3 saturated heterocycles. The maximum Gasteiger partial charge on any atom is 0.230 e. The smallest absolute Gasteiger partial charge is 0.230 e. The number of fused-ring (bicyclic) bond motifs is 3. The largest absolute Gasteiger partial charge is 0.364 e. The van der Waals surface area contributed by atoms with Gasteiger partial charge in [0.05, 0.1) is 11.9 Å². The minimum Gasteiger partial charge on any atom is -0.364 e. The number of anilines is 1. The fraction of sp³-hybridized carbons (Fsp3) is 0.500. The van der Waals surface area contributed by atoms with Crippen LogP contribution < -0.4 is 10.2 Å². The first-order valence-electron chi connectivity index (χ1n) is 5.83. The molecule has 1 N–H and O–H groups in total. The van der Waals surface area contributed by atoms with Gasteiger partial charge < -0.3 is 10.2 Å². The Morgan fingerprint density at radius 2 is 2.41 bits per heavy atom. The van der Waals surface area contributed by atoms with Crippen LogP contribution in [0.2, 0.25) is 0 Å². The lowest BCUT2D eigenvalue weighted by atomic mass is 9.92. The zero-order valence-electron chi connectivity index (χ0n) is 9.36. The van der Waals surface area contributed by atoms with E-state index in [9.17, 15) is 4.39 Å². The molecule has 0 unspecified atom stereocenters. The van der Waals surface area contributed by atoms with Crippen molar-refractivity contribution in [2.24, 2.45) is 0 Å². The highest BCUT2D eigenvalue weighted by Crippen LogP contribution is 2.28. The maximum absolute atomic E-state index is 13.2. The van der Waals surface area contributed by atoms with Crippen molar-refractivity contribution in [1.82, 2.24) is 10.3 Å². The normalized spacial score (nSPS) is 26.9. The van der Waals surface area contributed by atoms with E-state index in [0.29, 0.717) is 12.1 Å². The Morgan fingerprint density at radius 3 is 3.00 bits per heavy atom. The minimum absolute atomic E-state index is 0.0249. The van der Waals surface area contributed by atoms with Crippen LogP contribution in [0, 0.1) is 17.3 Å². The van der Waals surface area contributed by atoms with Crippen molar-refractivity contribution in [2.75, 3.05) is 18.0 Å². The molecule has 4 rings (SSSR count). The molecule has 88 valence electrons. The van der Waals surface area contributed by atoms with Gasteiger partial charge in [-0.15, -0.1) is 0 Å². The summed E-state index contributed by atoms with van der Waals surface area (Å²) in [5.74, 6) is -0.684. The van der Waals surface area contributed by atoms with Crippen molar-refractivity contribution < 1.29 is 4.39 Å². The van der Waals surface area contributed by atoms with Gasteiger partial charge in [-0.25, -0.2) is 4.98 Å². The molecular formula is C12H13FN4. The number of hydrogen-bond donors (Lipinski definition) is 1. The second-order valence-corrected chi connectivity index (χ2v) is 4.63. The third-order valence-electron chi connectivity index (χ3n) is 3.63. The molecule has 4 heterocycles. The standard InChI is InChI=1S/C12H13FN4/c13-12-8(4-14)3-11(6-16-12)17-7-9-1-2-10(17)5-15-9/h3,6,9-10,15H,1-2,5,7H2/t9-,10-/m0/s1. The molecule has 2 atom stereocenters.